The summed E-state index contributed by atoms with van der Waals surface area (Å²) in [5.74, 6) is -0.690. The summed E-state index contributed by atoms with van der Waals surface area (Å²) in [6.45, 7) is 3.69. The molecule has 0 aliphatic carbocycles. The largest absolute Gasteiger partial charge is 0.420 e. The molecule has 0 fully saturated rings. The molecule has 1 aromatic carbocycles. The fourth-order valence-corrected chi connectivity index (χ4v) is 1.01. The number of hydrogen-bond donors (Lipinski definition) is 0. The van der Waals surface area contributed by atoms with E-state index in [1.807, 2.05) is 13.0 Å². The van der Waals surface area contributed by atoms with E-state index in [2.05, 4.69) is 0 Å². The minimum atomic E-state index is -1.12. The molecule has 0 heterocycles. The van der Waals surface area contributed by atoms with Crippen molar-refractivity contribution in [2.45, 2.75) is 13.8 Å². The van der Waals surface area contributed by atoms with Gasteiger partial charge >= 0.3 is 11.2 Å². The third-order valence-electron chi connectivity index (χ3n) is 1.92. The first kappa shape index (κ1) is 10.7. The molecule has 0 aliphatic rings. The van der Waals surface area contributed by atoms with E-state index in [9.17, 15) is 9.59 Å². The summed E-state index contributed by atoms with van der Waals surface area (Å²) < 4.78 is 4.77. The van der Waals surface area contributed by atoms with E-state index in [4.69, 9.17) is 16.3 Å². The maximum Gasteiger partial charge on any atom is 0.396 e. The molecule has 3 nitrogen and oxygen atoms in total. The molecule has 0 saturated heterocycles. The number of benzene rings is 1. The van der Waals surface area contributed by atoms with Gasteiger partial charge in [-0.25, -0.2) is 4.79 Å². The molecule has 0 aliphatic heterocycles. The zero-order valence-electron chi connectivity index (χ0n) is 7.83. The number of hydrogen-bond acceptors (Lipinski definition) is 3. The SMILES string of the molecule is Cc1cccc(OC(=O)C(=O)Cl)c1C. The second-order valence-electron chi connectivity index (χ2n) is 2.86. The molecular weight excluding hydrogens is 204 g/mol. The van der Waals surface area contributed by atoms with Gasteiger partial charge in [0.15, 0.2) is 0 Å². The monoisotopic (exact) mass is 212 g/mol. The van der Waals surface area contributed by atoms with Gasteiger partial charge in [-0.2, -0.15) is 0 Å². The Morgan fingerprint density at radius 2 is 1.93 bits per heavy atom. The summed E-state index contributed by atoms with van der Waals surface area (Å²) in [4.78, 5) is 21.3. The van der Waals surface area contributed by atoms with Crippen LogP contribution in [0, 0.1) is 13.8 Å². The van der Waals surface area contributed by atoms with Crippen molar-refractivity contribution in [3.8, 4) is 5.75 Å². The average Bonchev–Trinajstić information content (AvgIpc) is 2.12. The molecule has 0 atom stereocenters. The molecular formula is C10H9ClO3. The Morgan fingerprint density at radius 1 is 1.29 bits per heavy atom. The van der Waals surface area contributed by atoms with Crippen LogP contribution in [0.3, 0.4) is 0 Å². The highest BCUT2D eigenvalue weighted by atomic mass is 35.5. The van der Waals surface area contributed by atoms with Crippen LogP contribution in [-0.2, 0) is 9.59 Å². The summed E-state index contributed by atoms with van der Waals surface area (Å²) in [5.41, 5.74) is 1.80. The molecule has 0 saturated carbocycles. The van der Waals surface area contributed by atoms with Crippen molar-refractivity contribution in [1.82, 2.24) is 0 Å². The lowest BCUT2D eigenvalue weighted by molar-refractivity contribution is -0.143. The van der Waals surface area contributed by atoms with Gasteiger partial charge in [0.05, 0.1) is 0 Å². The average molecular weight is 213 g/mol. The number of carbonyl (C=O) groups excluding carboxylic acids is 2. The van der Waals surface area contributed by atoms with Gasteiger partial charge in [-0.05, 0) is 42.6 Å². The number of esters is 1. The van der Waals surface area contributed by atoms with E-state index in [1.54, 1.807) is 19.1 Å². The van der Waals surface area contributed by atoms with Crippen molar-refractivity contribution in [3.05, 3.63) is 29.3 Å². The van der Waals surface area contributed by atoms with Gasteiger partial charge in [0, 0.05) is 0 Å². The van der Waals surface area contributed by atoms with Crippen molar-refractivity contribution in [3.63, 3.8) is 0 Å². The lowest BCUT2D eigenvalue weighted by Gasteiger charge is -2.06. The summed E-state index contributed by atoms with van der Waals surface area (Å²) in [7, 11) is 0. The molecule has 0 bridgehead atoms. The van der Waals surface area contributed by atoms with E-state index in [-0.39, 0.29) is 0 Å². The summed E-state index contributed by atoms with van der Waals surface area (Å²) >= 11 is 4.96. The number of aryl methyl sites for hydroxylation is 1. The van der Waals surface area contributed by atoms with Crippen LogP contribution in [0.15, 0.2) is 18.2 Å². The molecule has 0 radical (unpaired) electrons. The number of ether oxygens (including phenoxy) is 1. The van der Waals surface area contributed by atoms with Gasteiger partial charge in [0.25, 0.3) is 0 Å². The van der Waals surface area contributed by atoms with Crippen LogP contribution in [0.1, 0.15) is 11.1 Å². The van der Waals surface area contributed by atoms with Crippen molar-refractivity contribution in [2.24, 2.45) is 0 Å². The van der Waals surface area contributed by atoms with E-state index < -0.39 is 11.2 Å². The fourth-order valence-electron chi connectivity index (χ4n) is 0.975. The molecule has 14 heavy (non-hydrogen) atoms. The van der Waals surface area contributed by atoms with Crippen LogP contribution in [0.5, 0.6) is 5.75 Å². The van der Waals surface area contributed by atoms with Crippen molar-refractivity contribution < 1.29 is 14.3 Å². The maximum absolute atomic E-state index is 10.9. The van der Waals surface area contributed by atoms with Gasteiger partial charge in [-0.3, -0.25) is 4.79 Å². The molecule has 0 spiro atoms. The van der Waals surface area contributed by atoms with Gasteiger partial charge in [-0.1, -0.05) is 12.1 Å². The first-order valence-electron chi connectivity index (χ1n) is 4.00. The Balaban J connectivity index is 2.93. The predicted molar refractivity (Wildman–Crippen MR) is 52.4 cm³/mol. The Kier molecular flexibility index (Phi) is 3.25. The first-order chi connectivity index (χ1) is 6.52. The highest BCUT2D eigenvalue weighted by Crippen LogP contribution is 2.20. The van der Waals surface area contributed by atoms with Crippen molar-refractivity contribution >= 4 is 22.8 Å². The zero-order chi connectivity index (χ0) is 10.7. The van der Waals surface area contributed by atoms with Crippen LogP contribution in [-0.4, -0.2) is 11.2 Å². The summed E-state index contributed by atoms with van der Waals surface area (Å²) in [5, 5.41) is -1.12. The van der Waals surface area contributed by atoms with Gasteiger partial charge in [-0.15, -0.1) is 0 Å². The van der Waals surface area contributed by atoms with Gasteiger partial charge < -0.3 is 4.74 Å². The third kappa shape index (κ3) is 2.33. The third-order valence-corrected chi connectivity index (χ3v) is 2.07. The van der Waals surface area contributed by atoms with Gasteiger partial charge in [0.2, 0.25) is 0 Å². The minimum absolute atomic E-state index is 0.365. The van der Waals surface area contributed by atoms with E-state index in [1.165, 1.54) is 0 Å². The van der Waals surface area contributed by atoms with E-state index in [0.717, 1.165) is 11.1 Å². The zero-order valence-corrected chi connectivity index (χ0v) is 8.59. The molecule has 74 valence electrons. The fraction of sp³-hybridized carbons (Fsp3) is 0.200. The van der Waals surface area contributed by atoms with Crippen LogP contribution in [0.4, 0.5) is 0 Å². The Labute approximate surface area is 86.6 Å². The number of rotatable bonds is 2. The minimum Gasteiger partial charge on any atom is -0.420 e. The first-order valence-corrected chi connectivity index (χ1v) is 4.38. The molecule has 0 amide bonds. The highest BCUT2D eigenvalue weighted by Gasteiger charge is 2.14. The topological polar surface area (TPSA) is 43.4 Å². The lowest BCUT2D eigenvalue weighted by atomic mass is 10.1. The van der Waals surface area contributed by atoms with Crippen molar-refractivity contribution in [2.75, 3.05) is 0 Å². The highest BCUT2D eigenvalue weighted by molar-refractivity contribution is 6.80. The van der Waals surface area contributed by atoms with Crippen LogP contribution in [0.2, 0.25) is 0 Å². The Hall–Kier alpha value is -1.35. The van der Waals surface area contributed by atoms with E-state index in [0.29, 0.717) is 5.75 Å². The molecule has 4 heteroatoms. The summed E-state index contributed by atoms with van der Waals surface area (Å²) in [6.07, 6.45) is 0. The van der Waals surface area contributed by atoms with E-state index >= 15 is 0 Å². The van der Waals surface area contributed by atoms with Gasteiger partial charge in [0.1, 0.15) is 5.75 Å². The molecule has 0 unspecified atom stereocenters. The smallest absolute Gasteiger partial charge is 0.396 e. The predicted octanol–water partition coefficient (Wildman–Crippen LogP) is 1.97. The van der Waals surface area contributed by atoms with Crippen LogP contribution >= 0.6 is 11.6 Å². The maximum atomic E-state index is 10.9. The van der Waals surface area contributed by atoms with Crippen LogP contribution < -0.4 is 4.74 Å². The number of carbonyl (C=O) groups is 2. The molecule has 0 aromatic heterocycles. The Bertz CT molecular complexity index is 385. The number of halogens is 1. The second-order valence-corrected chi connectivity index (χ2v) is 3.20. The van der Waals surface area contributed by atoms with Crippen LogP contribution in [0.25, 0.3) is 0 Å². The Morgan fingerprint density at radius 3 is 2.50 bits per heavy atom. The lowest BCUT2D eigenvalue weighted by Crippen LogP contribution is -2.15. The molecule has 1 rings (SSSR count). The molecule has 1 aromatic rings. The molecule has 0 N–H and O–H groups in total. The van der Waals surface area contributed by atoms with Crippen molar-refractivity contribution in [1.29, 1.82) is 0 Å². The summed E-state index contributed by atoms with van der Waals surface area (Å²) in [6, 6.07) is 5.24. The second kappa shape index (κ2) is 4.24. The normalized spacial score (nSPS) is 9.64. The quantitative estimate of drug-likeness (QED) is 0.326. The standard InChI is InChI=1S/C10H9ClO3/c1-6-4-3-5-8(7(6)2)14-10(13)9(11)12/h3-5H,1-2H3.